The van der Waals surface area contributed by atoms with Crippen LogP contribution < -0.4 is 4.74 Å². The van der Waals surface area contributed by atoms with E-state index in [-0.39, 0.29) is 31.1 Å². The Bertz CT molecular complexity index is 763. The van der Waals surface area contributed by atoms with E-state index in [2.05, 4.69) is 4.90 Å². The van der Waals surface area contributed by atoms with Gasteiger partial charge in [-0.3, -0.25) is 9.59 Å². The number of nitrogens with zero attached hydrogens (tertiary/aromatic N) is 1. The number of ketones is 1. The van der Waals surface area contributed by atoms with E-state index < -0.39 is 22.9 Å². The second-order valence-electron chi connectivity index (χ2n) is 8.24. The van der Waals surface area contributed by atoms with Crippen LogP contribution in [0.1, 0.15) is 43.7 Å². The van der Waals surface area contributed by atoms with E-state index in [0.29, 0.717) is 12.2 Å². The summed E-state index contributed by atoms with van der Waals surface area (Å²) in [6.07, 6.45) is 0.739. The number of hydrogen-bond acceptors (Lipinski definition) is 5. The van der Waals surface area contributed by atoms with Crippen molar-refractivity contribution >= 4 is 11.8 Å². The number of rotatable bonds is 4. The van der Waals surface area contributed by atoms with Gasteiger partial charge in [0.05, 0.1) is 19.1 Å². The third-order valence-corrected chi connectivity index (χ3v) is 6.94. The van der Waals surface area contributed by atoms with E-state index >= 15 is 0 Å². The zero-order valence-corrected chi connectivity index (χ0v) is 16.5. The Morgan fingerprint density at radius 1 is 1.41 bits per heavy atom. The standard InChI is InChI=1S/C21H29NO5/c1-13-5-6-16(27-4)10-17(13)20-7-8-22(3)14(2)21(20,26)11-15(9-19(24)25)18(23)12-20/h5-6,10,14-15,26H,7-9,11-12H2,1-4H3,(H,24,25)/t14-,15+,20-,21?/m1/s1. The second-order valence-corrected chi connectivity index (χ2v) is 8.24. The fourth-order valence-electron chi connectivity index (χ4n) is 5.18. The van der Waals surface area contributed by atoms with Gasteiger partial charge in [0.15, 0.2) is 0 Å². The highest BCUT2D eigenvalue weighted by Gasteiger charge is 2.62. The van der Waals surface area contributed by atoms with Crippen LogP contribution in [0.4, 0.5) is 0 Å². The quantitative estimate of drug-likeness (QED) is 0.839. The maximum atomic E-state index is 12.9. The number of piperidine rings is 1. The number of methoxy groups -OCH3 is 1. The molecule has 2 N–H and O–H groups in total. The van der Waals surface area contributed by atoms with Crippen molar-refractivity contribution in [3.8, 4) is 5.75 Å². The highest BCUT2D eigenvalue weighted by molar-refractivity contribution is 5.87. The molecule has 1 saturated carbocycles. The maximum absolute atomic E-state index is 12.9. The highest BCUT2D eigenvalue weighted by atomic mass is 16.5. The molecule has 0 aromatic heterocycles. The van der Waals surface area contributed by atoms with Crippen molar-refractivity contribution in [2.45, 2.75) is 56.6 Å². The average Bonchev–Trinajstić information content (AvgIpc) is 2.61. The molecule has 3 rings (SSSR count). The topological polar surface area (TPSA) is 87.1 Å². The molecule has 1 aliphatic carbocycles. The molecule has 27 heavy (non-hydrogen) atoms. The molecule has 0 amide bonds. The predicted molar refractivity (Wildman–Crippen MR) is 101 cm³/mol. The lowest BCUT2D eigenvalue weighted by molar-refractivity contribution is -0.173. The number of aliphatic hydroxyl groups is 1. The van der Waals surface area contributed by atoms with E-state index in [0.717, 1.165) is 17.7 Å². The number of fused-ring (bicyclic) bond motifs is 1. The number of hydrogen-bond donors (Lipinski definition) is 2. The monoisotopic (exact) mass is 375 g/mol. The normalized spacial score (nSPS) is 34.2. The van der Waals surface area contributed by atoms with Gasteiger partial charge in [0.25, 0.3) is 0 Å². The SMILES string of the molecule is COc1ccc(C)c([C@]23CCN(C)[C@H](C)C2(O)C[C@H](CC(=O)O)C(=O)C3)c1. The van der Waals surface area contributed by atoms with Gasteiger partial charge in [-0.1, -0.05) is 6.07 Å². The van der Waals surface area contributed by atoms with Crippen LogP contribution in [0.3, 0.4) is 0 Å². The number of carbonyl (C=O) groups is 2. The molecule has 1 aliphatic heterocycles. The summed E-state index contributed by atoms with van der Waals surface area (Å²) in [5.41, 5.74) is 0.0244. The third-order valence-electron chi connectivity index (χ3n) is 6.94. The van der Waals surface area contributed by atoms with Gasteiger partial charge in [-0.2, -0.15) is 0 Å². The lowest BCUT2D eigenvalue weighted by Crippen LogP contribution is -2.70. The van der Waals surface area contributed by atoms with E-state index in [4.69, 9.17) is 4.74 Å². The van der Waals surface area contributed by atoms with Crippen molar-refractivity contribution in [2.75, 3.05) is 20.7 Å². The first kappa shape index (κ1) is 19.8. The van der Waals surface area contributed by atoms with Crippen LogP contribution in [0.15, 0.2) is 18.2 Å². The molecule has 6 heteroatoms. The fourth-order valence-corrected chi connectivity index (χ4v) is 5.18. The smallest absolute Gasteiger partial charge is 0.304 e. The summed E-state index contributed by atoms with van der Waals surface area (Å²) in [6.45, 7) is 4.72. The van der Waals surface area contributed by atoms with Gasteiger partial charge in [0, 0.05) is 23.8 Å². The number of likely N-dealkylation sites (tertiary alicyclic amines) is 1. The molecule has 0 radical (unpaired) electrons. The van der Waals surface area contributed by atoms with Gasteiger partial charge in [0.1, 0.15) is 11.5 Å². The average molecular weight is 375 g/mol. The van der Waals surface area contributed by atoms with Crippen LogP contribution in [0, 0.1) is 12.8 Å². The van der Waals surface area contributed by atoms with Gasteiger partial charge < -0.3 is 19.8 Å². The lowest BCUT2D eigenvalue weighted by Gasteiger charge is -2.60. The van der Waals surface area contributed by atoms with Gasteiger partial charge in [-0.15, -0.1) is 0 Å². The fraction of sp³-hybridized carbons (Fsp3) is 0.619. The molecule has 1 unspecified atom stereocenters. The Labute approximate surface area is 160 Å². The van der Waals surface area contributed by atoms with Crippen LogP contribution in [0.2, 0.25) is 0 Å². The van der Waals surface area contributed by atoms with Crippen molar-refractivity contribution in [3.63, 3.8) is 0 Å². The van der Waals surface area contributed by atoms with E-state index in [1.165, 1.54) is 0 Å². The summed E-state index contributed by atoms with van der Waals surface area (Å²) in [5, 5.41) is 21.2. The van der Waals surface area contributed by atoms with Crippen LogP contribution in [-0.4, -0.2) is 59.2 Å². The maximum Gasteiger partial charge on any atom is 0.304 e. The Morgan fingerprint density at radius 2 is 2.11 bits per heavy atom. The number of ether oxygens (including phenoxy) is 1. The molecule has 148 valence electrons. The van der Waals surface area contributed by atoms with Gasteiger partial charge in [0.2, 0.25) is 0 Å². The number of aliphatic carboxylic acids is 1. The first-order chi connectivity index (χ1) is 12.6. The van der Waals surface area contributed by atoms with Gasteiger partial charge >= 0.3 is 5.97 Å². The Balaban J connectivity index is 2.16. The zero-order chi connectivity index (χ0) is 20.0. The number of aryl methyl sites for hydroxylation is 1. The number of carboxylic acids is 1. The minimum absolute atomic E-state index is 0.0685. The summed E-state index contributed by atoms with van der Waals surface area (Å²) < 4.78 is 5.40. The van der Waals surface area contributed by atoms with Crippen LogP contribution in [0.5, 0.6) is 5.75 Å². The summed E-state index contributed by atoms with van der Waals surface area (Å²) in [4.78, 5) is 26.3. The molecule has 0 spiro atoms. The molecule has 1 aromatic carbocycles. The Hall–Kier alpha value is -1.92. The molecule has 1 saturated heterocycles. The Kier molecular flexibility index (Phi) is 5.08. The molecule has 2 fully saturated rings. The molecule has 4 atom stereocenters. The number of carboxylic acid groups (broad SMARTS) is 1. The summed E-state index contributed by atoms with van der Waals surface area (Å²) in [6, 6.07) is 5.58. The van der Waals surface area contributed by atoms with Crippen LogP contribution in [-0.2, 0) is 15.0 Å². The highest BCUT2D eigenvalue weighted by Crippen LogP contribution is 2.55. The number of likely N-dealkylation sites (N-methyl/N-ethyl adjacent to an activating group) is 1. The number of carbonyl (C=O) groups excluding carboxylic acids is 1. The molecule has 2 aliphatic rings. The second kappa shape index (κ2) is 6.91. The Morgan fingerprint density at radius 3 is 2.74 bits per heavy atom. The molecule has 0 bridgehead atoms. The minimum Gasteiger partial charge on any atom is -0.497 e. The summed E-state index contributed by atoms with van der Waals surface area (Å²) in [7, 11) is 3.57. The van der Waals surface area contributed by atoms with Crippen molar-refractivity contribution in [2.24, 2.45) is 5.92 Å². The number of Topliss-reactive ketones (excluding diaryl/α,β-unsaturated/α-hetero) is 1. The largest absolute Gasteiger partial charge is 0.497 e. The van der Waals surface area contributed by atoms with E-state index in [9.17, 15) is 19.8 Å². The van der Waals surface area contributed by atoms with Crippen molar-refractivity contribution in [1.29, 1.82) is 0 Å². The van der Waals surface area contributed by atoms with E-state index in [1.54, 1.807) is 7.11 Å². The third kappa shape index (κ3) is 3.05. The molecule has 1 aromatic rings. The van der Waals surface area contributed by atoms with Gasteiger partial charge in [-0.05, 0) is 63.5 Å². The number of benzene rings is 1. The zero-order valence-electron chi connectivity index (χ0n) is 16.5. The molecular weight excluding hydrogens is 346 g/mol. The minimum atomic E-state index is -1.19. The van der Waals surface area contributed by atoms with Crippen LogP contribution in [0.25, 0.3) is 0 Å². The molecule has 6 nitrogen and oxygen atoms in total. The molecular formula is C21H29NO5. The van der Waals surface area contributed by atoms with Crippen LogP contribution >= 0.6 is 0 Å². The van der Waals surface area contributed by atoms with E-state index in [1.807, 2.05) is 39.1 Å². The summed E-state index contributed by atoms with van der Waals surface area (Å²) in [5.74, 6) is -1.03. The molecule has 1 heterocycles. The first-order valence-corrected chi connectivity index (χ1v) is 9.47. The van der Waals surface area contributed by atoms with Crippen molar-refractivity contribution in [1.82, 2.24) is 4.90 Å². The predicted octanol–water partition coefficient (Wildman–Crippen LogP) is 2.15. The van der Waals surface area contributed by atoms with Crippen molar-refractivity contribution in [3.05, 3.63) is 29.3 Å². The lowest BCUT2D eigenvalue weighted by atomic mass is 9.51. The van der Waals surface area contributed by atoms with Gasteiger partial charge in [-0.25, -0.2) is 0 Å². The summed E-state index contributed by atoms with van der Waals surface area (Å²) >= 11 is 0. The van der Waals surface area contributed by atoms with Crippen molar-refractivity contribution < 1.29 is 24.5 Å². The first-order valence-electron chi connectivity index (χ1n) is 9.47.